The maximum Gasteiger partial charge on any atom is 0.158 e. The monoisotopic (exact) mass is 148 g/mol. The molecule has 2 nitrogen and oxygen atoms in total. The van der Waals surface area contributed by atoms with Gasteiger partial charge in [0.25, 0.3) is 0 Å². The molecular weight excluding hydrogens is 136 g/mol. The predicted octanol–water partition coefficient (Wildman–Crippen LogP) is 1.54. The van der Waals surface area contributed by atoms with Crippen molar-refractivity contribution in [3.63, 3.8) is 0 Å². The Kier molecular flexibility index (Phi) is 1.91. The molecule has 1 fully saturated rings. The van der Waals surface area contributed by atoms with Gasteiger partial charge in [0.2, 0.25) is 0 Å². The fraction of sp³-hybridized carbons (Fsp3) is 1.00. The lowest BCUT2D eigenvalue weighted by Gasteiger charge is -2.16. The van der Waals surface area contributed by atoms with Crippen molar-refractivity contribution in [2.75, 3.05) is 0 Å². The first-order valence-electron chi connectivity index (χ1n) is 3.26. The second-order valence-corrected chi connectivity index (χ2v) is 4.39. The lowest BCUT2D eigenvalue weighted by atomic mass is 10.1. The van der Waals surface area contributed by atoms with Crippen LogP contribution < -0.4 is 0 Å². The van der Waals surface area contributed by atoms with Crippen molar-refractivity contribution in [2.24, 2.45) is 0 Å². The summed E-state index contributed by atoms with van der Waals surface area (Å²) in [6.07, 6.45) is 4.05. The Morgan fingerprint density at radius 3 is 2.11 bits per heavy atom. The number of hydrogen-bond donors (Lipinski definition) is 1. The lowest BCUT2D eigenvalue weighted by Crippen LogP contribution is -2.25. The molecule has 0 amide bonds. The summed E-state index contributed by atoms with van der Waals surface area (Å²) in [7, 11) is 0. The highest BCUT2D eigenvalue weighted by molar-refractivity contribution is 7.80. The van der Waals surface area contributed by atoms with Crippen molar-refractivity contribution in [3.05, 3.63) is 0 Å². The van der Waals surface area contributed by atoms with E-state index in [2.05, 4.69) is 0 Å². The highest BCUT2D eigenvalue weighted by Crippen LogP contribution is 2.33. The van der Waals surface area contributed by atoms with E-state index in [1.54, 1.807) is 0 Å². The van der Waals surface area contributed by atoms with E-state index in [0.29, 0.717) is 0 Å². The Morgan fingerprint density at radius 2 is 1.89 bits per heavy atom. The van der Waals surface area contributed by atoms with Gasteiger partial charge in [0.15, 0.2) is 11.1 Å². The minimum Gasteiger partial charge on any atom is -0.306 e. The van der Waals surface area contributed by atoms with Gasteiger partial charge in [0.05, 0.1) is 4.75 Å². The highest BCUT2D eigenvalue weighted by Gasteiger charge is 2.34. The van der Waals surface area contributed by atoms with Gasteiger partial charge in [-0.25, -0.2) is 4.21 Å². The molecule has 1 unspecified atom stereocenters. The molecule has 0 aromatic carbocycles. The van der Waals surface area contributed by atoms with Crippen LogP contribution >= 0.6 is 0 Å². The lowest BCUT2D eigenvalue weighted by molar-refractivity contribution is 0.505. The highest BCUT2D eigenvalue weighted by atomic mass is 32.2. The van der Waals surface area contributed by atoms with E-state index < -0.39 is 11.1 Å². The zero-order valence-electron chi connectivity index (χ0n) is 5.59. The molecule has 0 spiro atoms. The minimum atomic E-state index is -1.61. The summed E-state index contributed by atoms with van der Waals surface area (Å²) in [6, 6.07) is 0. The Balaban J connectivity index is 2.61. The third-order valence-electron chi connectivity index (χ3n) is 2.08. The van der Waals surface area contributed by atoms with Crippen molar-refractivity contribution < 1.29 is 8.76 Å². The average Bonchev–Trinajstić information content (AvgIpc) is 2.16. The summed E-state index contributed by atoms with van der Waals surface area (Å²) in [5, 5.41) is 0. The van der Waals surface area contributed by atoms with Gasteiger partial charge in [-0.15, -0.1) is 0 Å². The van der Waals surface area contributed by atoms with Crippen molar-refractivity contribution in [2.45, 2.75) is 37.4 Å². The summed E-state index contributed by atoms with van der Waals surface area (Å²) in [5.74, 6) is 0. The molecule has 1 saturated carbocycles. The Bertz CT molecular complexity index is 127. The number of rotatable bonds is 1. The topological polar surface area (TPSA) is 37.3 Å². The zero-order valence-corrected chi connectivity index (χ0v) is 6.41. The van der Waals surface area contributed by atoms with Gasteiger partial charge in [0, 0.05) is 0 Å². The van der Waals surface area contributed by atoms with Crippen LogP contribution in [0.4, 0.5) is 0 Å². The van der Waals surface area contributed by atoms with Crippen molar-refractivity contribution in [1.82, 2.24) is 0 Å². The van der Waals surface area contributed by atoms with E-state index in [-0.39, 0.29) is 4.75 Å². The molecule has 1 N–H and O–H groups in total. The molecule has 0 aromatic heterocycles. The first-order valence-corrected chi connectivity index (χ1v) is 4.37. The Hall–Kier alpha value is 0.110. The van der Waals surface area contributed by atoms with Crippen LogP contribution in [-0.4, -0.2) is 13.5 Å². The maximum absolute atomic E-state index is 10.6. The van der Waals surface area contributed by atoms with E-state index in [0.717, 1.165) is 25.7 Å². The molecule has 0 saturated heterocycles. The van der Waals surface area contributed by atoms with E-state index in [1.807, 2.05) is 6.92 Å². The van der Waals surface area contributed by atoms with Gasteiger partial charge in [-0.3, -0.25) is 0 Å². The van der Waals surface area contributed by atoms with Gasteiger partial charge in [-0.2, -0.15) is 0 Å². The molecular formula is C6H12O2S. The summed E-state index contributed by atoms with van der Waals surface area (Å²) in [5.41, 5.74) is 0. The zero-order chi connectivity index (χ0) is 6.91. The van der Waals surface area contributed by atoms with Gasteiger partial charge >= 0.3 is 0 Å². The van der Waals surface area contributed by atoms with Gasteiger partial charge < -0.3 is 4.55 Å². The van der Waals surface area contributed by atoms with E-state index in [4.69, 9.17) is 4.55 Å². The molecule has 9 heavy (non-hydrogen) atoms. The molecule has 1 aliphatic carbocycles. The average molecular weight is 148 g/mol. The normalized spacial score (nSPS) is 28.2. The van der Waals surface area contributed by atoms with Crippen LogP contribution in [0.25, 0.3) is 0 Å². The van der Waals surface area contributed by atoms with Crippen LogP contribution in [-0.2, 0) is 11.1 Å². The summed E-state index contributed by atoms with van der Waals surface area (Å²) >= 11 is -1.61. The van der Waals surface area contributed by atoms with Crippen molar-refractivity contribution in [3.8, 4) is 0 Å². The summed E-state index contributed by atoms with van der Waals surface area (Å²) in [4.78, 5) is 0. The third kappa shape index (κ3) is 1.33. The molecule has 1 rings (SSSR count). The Labute approximate surface area is 57.9 Å². The van der Waals surface area contributed by atoms with E-state index >= 15 is 0 Å². The quantitative estimate of drug-likeness (QED) is 0.573. The fourth-order valence-corrected chi connectivity index (χ4v) is 1.94. The van der Waals surface area contributed by atoms with Crippen molar-refractivity contribution in [1.29, 1.82) is 0 Å². The molecule has 0 radical (unpaired) electrons. The van der Waals surface area contributed by atoms with Crippen LogP contribution in [0.2, 0.25) is 0 Å². The molecule has 0 aliphatic heterocycles. The van der Waals surface area contributed by atoms with Gasteiger partial charge in [-0.05, 0) is 19.8 Å². The largest absolute Gasteiger partial charge is 0.306 e. The molecule has 54 valence electrons. The number of hydrogen-bond acceptors (Lipinski definition) is 1. The van der Waals surface area contributed by atoms with Gasteiger partial charge in [0.1, 0.15) is 0 Å². The summed E-state index contributed by atoms with van der Waals surface area (Å²) < 4.78 is 19.1. The molecule has 1 atom stereocenters. The Morgan fingerprint density at radius 1 is 1.44 bits per heavy atom. The first-order chi connectivity index (χ1) is 4.15. The predicted molar refractivity (Wildman–Crippen MR) is 37.6 cm³/mol. The van der Waals surface area contributed by atoms with Crippen LogP contribution in [0, 0.1) is 0 Å². The fourth-order valence-electron chi connectivity index (χ4n) is 1.30. The van der Waals surface area contributed by atoms with Crippen molar-refractivity contribution >= 4 is 11.1 Å². The van der Waals surface area contributed by atoms with Gasteiger partial charge in [-0.1, -0.05) is 12.8 Å². The van der Waals surface area contributed by atoms with E-state index in [1.165, 1.54) is 0 Å². The second kappa shape index (κ2) is 2.39. The second-order valence-electron chi connectivity index (χ2n) is 2.91. The maximum atomic E-state index is 10.6. The van der Waals surface area contributed by atoms with Crippen LogP contribution in [0.3, 0.4) is 0 Å². The molecule has 0 bridgehead atoms. The third-order valence-corrected chi connectivity index (χ3v) is 3.33. The molecule has 1 aliphatic rings. The standard InChI is InChI=1S/C6H12O2S/c1-6(9(7)8)4-2-3-5-6/h2-5H2,1H3,(H,7,8). The SMILES string of the molecule is CC1(S(=O)O)CCCC1. The van der Waals surface area contributed by atoms with E-state index in [9.17, 15) is 4.21 Å². The first kappa shape index (κ1) is 7.22. The van der Waals surface area contributed by atoms with Crippen LogP contribution in [0.15, 0.2) is 0 Å². The minimum absolute atomic E-state index is 0.278. The molecule has 3 heteroatoms. The van der Waals surface area contributed by atoms with Crippen LogP contribution in [0.5, 0.6) is 0 Å². The molecule has 0 heterocycles. The smallest absolute Gasteiger partial charge is 0.158 e. The molecule has 0 aromatic rings. The summed E-state index contributed by atoms with van der Waals surface area (Å²) in [6.45, 7) is 1.89. The van der Waals surface area contributed by atoms with Crippen LogP contribution in [0.1, 0.15) is 32.6 Å².